The van der Waals surface area contributed by atoms with Gasteiger partial charge in [0.15, 0.2) is 0 Å². The second kappa shape index (κ2) is 6.09. The number of nitrogen functional groups attached to an aromatic ring is 1. The predicted molar refractivity (Wildman–Crippen MR) is 84.0 cm³/mol. The maximum Gasteiger partial charge on any atom is 0.148 e. The fourth-order valence-electron chi connectivity index (χ4n) is 2.19. The van der Waals surface area contributed by atoms with Crippen LogP contribution in [0.1, 0.15) is 36.7 Å². The van der Waals surface area contributed by atoms with Gasteiger partial charge in [-0.3, -0.25) is 4.68 Å². The minimum atomic E-state index is 0.239. The van der Waals surface area contributed by atoms with Crippen LogP contribution in [0.3, 0.4) is 0 Å². The van der Waals surface area contributed by atoms with Crippen molar-refractivity contribution in [3.63, 3.8) is 0 Å². The molecular weight excluding hydrogens is 266 g/mol. The Kier molecular flexibility index (Phi) is 4.42. The SMILES string of the molecule is Cc1c(NN)nc(C(C)C)nc1N(C)Cc1cnn(C)c1. The zero-order valence-corrected chi connectivity index (χ0v) is 13.3. The quantitative estimate of drug-likeness (QED) is 0.642. The molecule has 2 rings (SSSR count). The highest BCUT2D eigenvalue weighted by atomic mass is 15.3. The molecule has 7 heteroatoms. The van der Waals surface area contributed by atoms with Gasteiger partial charge in [0.1, 0.15) is 17.5 Å². The van der Waals surface area contributed by atoms with Crippen molar-refractivity contribution in [2.24, 2.45) is 12.9 Å². The summed E-state index contributed by atoms with van der Waals surface area (Å²) in [6, 6.07) is 0. The van der Waals surface area contributed by atoms with Gasteiger partial charge in [-0.2, -0.15) is 5.10 Å². The number of hydrogen-bond donors (Lipinski definition) is 2. The maximum atomic E-state index is 5.57. The number of nitrogens with one attached hydrogen (secondary N) is 1. The van der Waals surface area contributed by atoms with Crippen molar-refractivity contribution in [1.29, 1.82) is 0 Å². The van der Waals surface area contributed by atoms with Crippen molar-refractivity contribution in [1.82, 2.24) is 19.7 Å². The molecule has 0 saturated carbocycles. The molecule has 0 radical (unpaired) electrons. The van der Waals surface area contributed by atoms with Gasteiger partial charge in [-0.25, -0.2) is 15.8 Å². The minimum absolute atomic E-state index is 0.239. The summed E-state index contributed by atoms with van der Waals surface area (Å²) in [5.74, 6) is 8.14. The van der Waals surface area contributed by atoms with E-state index in [-0.39, 0.29) is 5.92 Å². The summed E-state index contributed by atoms with van der Waals surface area (Å²) in [6.45, 7) is 6.83. The van der Waals surface area contributed by atoms with Gasteiger partial charge >= 0.3 is 0 Å². The van der Waals surface area contributed by atoms with E-state index in [0.717, 1.165) is 29.3 Å². The van der Waals surface area contributed by atoms with Gasteiger partial charge in [0.25, 0.3) is 0 Å². The van der Waals surface area contributed by atoms with E-state index in [1.54, 1.807) is 4.68 Å². The zero-order chi connectivity index (χ0) is 15.6. The van der Waals surface area contributed by atoms with Crippen LogP contribution in [0.25, 0.3) is 0 Å². The molecule has 2 aromatic rings. The molecule has 0 aromatic carbocycles. The Bertz CT molecular complexity index is 618. The largest absolute Gasteiger partial charge is 0.355 e. The summed E-state index contributed by atoms with van der Waals surface area (Å²) in [7, 11) is 3.92. The van der Waals surface area contributed by atoms with Gasteiger partial charge < -0.3 is 10.3 Å². The molecule has 0 aliphatic carbocycles. The highest BCUT2D eigenvalue weighted by Gasteiger charge is 2.16. The molecule has 0 fully saturated rings. The zero-order valence-electron chi connectivity index (χ0n) is 13.3. The first kappa shape index (κ1) is 15.2. The highest BCUT2D eigenvalue weighted by molar-refractivity contribution is 5.58. The Labute approximate surface area is 125 Å². The Morgan fingerprint density at radius 2 is 2.10 bits per heavy atom. The molecule has 0 spiro atoms. The molecule has 0 atom stereocenters. The Morgan fingerprint density at radius 3 is 2.62 bits per heavy atom. The monoisotopic (exact) mass is 289 g/mol. The number of hydrogen-bond acceptors (Lipinski definition) is 6. The second-order valence-electron chi connectivity index (χ2n) is 5.56. The van der Waals surface area contributed by atoms with Crippen LogP contribution < -0.4 is 16.2 Å². The lowest BCUT2D eigenvalue weighted by Gasteiger charge is -2.22. The van der Waals surface area contributed by atoms with Crippen molar-refractivity contribution < 1.29 is 0 Å². The van der Waals surface area contributed by atoms with Gasteiger partial charge in [0.05, 0.1) is 6.20 Å². The molecular formula is C14H23N7. The first-order valence-corrected chi connectivity index (χ1v) is 6.96. The third-order valence-electron chi connectivity index (χ3n) is 3.33. The van der Waals surface area contributed by atoms with Crippen LogP contribution >= 0.6 is 0 Å². The first-order chi connectivity index (χ1) is 9.92. The second-order valence-corrected chi connectivity index (χ2v) is 5.56. The number of aromatic nitrogens is 4. The molecule has 21 heavy (non-hydrogen) atoms. The average molecular weight is 289 g/mol. The number of rotatable bonds is 5. The minimum Gasteiger partial charge on any atom is -0.355 e. The number of nitrogens with zero attached hydrogens (tertiary/aromatic N) is 5. The summed E-state index contributed by atoms with van der Waals surface area (Å²) in [5.41, 5.74) is 4.73. The molecule has 0 amide bonds. The predicted octanol–water partition coefficient (Wildman–Crippen LogP) is 1.56. The Hall–Kier alpha value is -2.15. The molecule has 0 unspecified atom stereocenters. The van der Waals surface area contributed by atoms with E-state index < -0.39 is 0 Å². The molecule has 0 aliphatic heterocycles. The lowest BCUT2D eigenvalue weighted by Crippen LogP contribution is -2.22. The van der Waals surface area contributed by atoms with E-state index >= 15 is 0 Å². The van der Waals surface area contributed by atoms with Crippen molar-refractivity contribution in [2.75, 3.05) is 17.4 Å². The molecule has 0 aliphatic rings. The fraction of sp³-hybridized carbons (Fsp3) is 0.500. The molecule has 7 nitrogen and oxygen atoms in total. The van der Waals surface area contributed by atoms with Crippen molar-refractivity contribution >= 4 is 11.6 Å². The molecule has 0 bridgehead atoms. The van der Waals surface area contributed by atoms with Gasteiger partial charge in [0, 0.05) is 43.9 Å². The third kappa shape index (κ3) is 3.30. The molecule has 2 aromatic heterocycles. The highest BCUT2D eigenvalue weighted by Crippen LogP contribution is 2.25. The van der Waals surface area contributed by atoms with Crippen molar-refractivity contribution in [3.05, 3.63) is 29.3 Å². The van der Waals surface area contributed by atoms with Crippen LogP contribution in [0.5, 0.6) is 0 Å². The summed E-state index contributed by atoms with van der Waals surface area (Å²) in [4.78, 5) is 11.2. The van der Waals surface area contributed by atoms with E-state index in [4.69, 9.17) is 5.84 Å². The van der Waals surface area contributed by atoms with Crippen LogP contribution in [-0.2, 0) is 13.6 Å². The summed E-state index contributed by atoms with van der Waals surface area (Å²) in [6.07, 6.45) is 3.86. The number of anilines is 2. The van der Waals surface area contributed by atoms with E-state index in [9.17, 15) is 0 Å². The van der Waals surface area contributed by atoms with Crippen molar-refractivity contribution in [2.45, 2.75) is 33.2 Å². The fourth-order valence-corrected chi connectivity index (χ4v) is 2.19. The van der Waals surface area contributed by atoms with Gasteiger partial charge in [-0.1, -0.05) is 13.8 Å². The standard InChI is InChI=1S/C14H23N7/c1-9(2)12-17-13(19-15)10(3)14(18-12)20(4)7-11-6-16-21(5)8-11/h6,8-9H,7,15H2,1-5H3,(H,17,18,19). The summed E-state index contributed by atoms with van der Waals surface area (Å²) in [5, 5.41) is 4.19. The summed E-state index contributed by atoms with van der Waals surface area (Å²) >= 11 is 0. The lowest BCUT2D eigenvalue weighted by molar-refractivity contribution is 0.757. The molecule has 114 valence electrons. The molecule has 2 heterocycles. The van der Waals surface area contributed by atoms with E-state index in [0.29, 0.717) is 5.82 Å². The van der Waals surface area contributed by atoms with Crippen molar-refractivity contribution in [3.8, 4) is 0 Å². The van der Waals surface area contributed by atoms with E-state index in [2.05, 4.69) is 39.2 Å². The first-order valence-electron chi connectivity index (χ1n) is 6.96. The average Bonchev–Trinajstić information content (AvgIpc) is 2.83. The third-order valence-corrected chi connectivity index (χ3v) is 3.33. The van der Waals surface area contributed by atoms with Crippen LogP contribution in [0, 0.1) is 6.92 Å². The van der Waals surface area contributed by atoms with E-state index in [1.807, 2.05) is 33.4 Å². The van der Waals surface area contributed by atoms with Gasteiger partial charge in [0.2, 0.25) is 0 Å². The maximum absolute atomic E-state index is 5.57. The van der Waals surface area contributed by atoms with Gasteiger partial charge in [-0.05, 0) is 6.92 Å². The van der Waals surface area contributed by atoms with Gasteiger partial charge in [-0.15, -0.1) is 0 Å². The van der Waals surface area contributed by atoms with E-state index in [1.165, 1.54) is 0 Å². The lowest BCUT2D eigenvalue weighted by atomic mass is 10.2. The molecule has 0 saturated heterocycles. The Morgan fingerprint density at radius 1 is 1.38 bits per heavy atom. The van der Waals surface area contributed by atoms with Crippen LogP contribution in [0.4, 0.5) is 11.6 Å². The van der Waals surface area contributed by atoms with Crippen LogP contribution in [0.15, 0.2) is 12.4 Å². The number of aryl methyl sites for hydroxylation is 1. The van der Waals surface area contributed by atoms with Crippen LogP contribution in [-0.4, -0.2) is 26.8 Å². The smallest absolute Gasteiger partial charge is 0.148 e. The normalized spacial score (nSPS) is 11.0. The molecule has 3 N–H and O–H groups in total. The number of nitrogens with two attached hydrogens (primary N) is 1. The topological polar surface area (TPSA) is 84.9 Å². The summed E-state index contributed by atoms with van der Waals surface area (Å²) < 4.78 is 1.79. The Balaban J connectivity index is 2.34. The van der Waals surface area contributed by atoms with Crippen LogP contribution in [0.2, 0.25) is 0 Å². The number of hydrazine groups is 1.